The predicted octanol–water partition coefficient (Wildman–Crippen LogP) is 1.94. The molecule has 0 aliphatic carbocycles. The lowest BCUT2D eigenvalue weighted by molar-refractivity contribution is 0.270. The minimum absolute atomic E-state index is 0.218. The van der Waals surface area contributed by atoms with E-state index in [1.165, 1.54) is 0 Å². The van der Waals surface area contributed by atoms with E-state index >= 15 is 0 Å². The number of aliphatic hydroxyl groups is 1. The predicted molar refractivity (Wildman–Crippen MR) is 76.0 cm³/mol. The average molecular weight is 269 g/mol. The Bertz CT molecular complexity index is 340. The Labute approximate surface area is 114 Å². The summed E-state index contributed by atoms with van der Waals surface area (Å²) in [5.41, 5.74) is 2.01. The molecule has 1 unspecified atom stereocenters. The fourth-order valence-electron chi connectivity index (χ4n) is 1.68. The van der Waals surface area contributed by atoms with Crippen molar-refractivity contribution < 1.29 is 5.11 Å². The summed E-state index contributed by atoms with van der Waals surface area (Å²) >= 11 is 1.65. The standard InChI is InChI=1S/C13H23N3OS/c1-4-6-14-12(5-7-17)9-18-13-15-10(2)8-11(3)16-13/h8,12,14,17H,4-7,9H2,1-3H3. The molecule has 1 rings (SSSR count). The van der Waals surface area contributed by atoms with Gasteiger partial charge < -0.3 is 10.4 Å². The smallest absolute Gasteiger partial charge is 0.188 e. The van der Waals surface area contributed by atoms with Crippen LogP contribution in [-0.2, 0) is 0 Å². The van der Waals surface area contributed by atoms with Gasteiger partial charge in [-0.1, -0.05) is 18.7 Å². The first-order chi connectivity index (χ1) is 8.65. The van der Waals surface area contributed by atoms with Crippen LogP contribution in [0.3, 0.4) is 0 Å². The van der Waals surface area contributed by atoms with E-state index in [-0.39, 0.29) is 6.61 Å². The van der Waals surface area contributed by atoms with Gasteiger partial charge in [0.1, 0.15) is 0 Å². The molecule has 5 heteroatoms. The molecule has 1 aromatic rings. The molecule has 0 aliphatic heterocycles. The van der Waals surface area contributed by atoms with Crippen LogP contribution in [-0.4, -0.2) is 40.0 Å². The second kappa shape index (κ2) is 8.45. The monoisotopic (exact) mass is 269 g/mol. The quantitative estimate of drug-likeness (QED) is 0.558. The molecule has 1 atom stereocenters. The number of aromatic nitrogens is 2. The summed E-state index contributed by atoms with van der Waals surface area (Å²) in [6.07, 6.45) is 1.88. The maximum absolute atomic E-state index is 9.04. The SMILES string of the molecule is CCCNC(CCO)CSc1nc(C)cc(C)n1. The highest BCUT2D eigenvalue weighted by atomic mass is 32.2. The minimum Gasteiger partial charge on any atom is -0.396 e. The molecule has 0 aromatic carbocycles. The maximum Gasteiger partial charge on any atom is 0.188 e. The number of nitrogens with one attached hydrogen (secondary N) is 1. The van der Waals surface area contributed by atoms with Crippen LogP contribution in [0, 0.1) is 13.8 Å². The number of hydrogen-bond donors (Lipinski definition) is 2. The van der Waals surface area contributed by atoms with Crippen molar-refractivity contribution in [3.8, 4) is 0 Å². The van der Waals surface area contributed by atoms with Crippen molar-refractivity contribution in [2.75, 3.05) is 18.9 Å². The lowest BCUT2D eigenvalue weighted by atomic mass is 10.2. The Morgan fingerprint density at radius 1 is 1.33 bits per heavy atom. The number of thioether (sulfide) groups is 1. The van der Waals surface area contributed by atoms with Gasteiger partial charge in [0.05, 0.1) is 0 Å². The van der Waals surface area contributed by atoms with Gasteiger partial charge in [0.25, 0.3) is 0 Å². The highest BCUT2D eigenvalue weighted by Gasteiger charge is 2.09. The van der Waals surface area contributed by atoms with E-state index in [0.717, 1.165) is 41.7 Å². The summed E-state index contributed by atoms with van der Waals surface area (Å²) in [6, 6.07) is 2.30. The van der Waals surface area contributed by atoms with Crippen LogP contribution < -0.4 is 5.32 Å². The van der Waals surface area contributed by atoms with Crippen molar-refractivity contribution in [2.45, 2.75) is 44.8 Å². The van der Waals surface area contributed by atoms with Gasteiger partial charge in [0.2, 0.25) is 0 Å². The Balaban J connectivity index is 2.49. The molecule has 0 spiro atoms. The van der Waals surface area contributed by atoms with Gasteiger partial charge in [-0.3, -0.25) is 0 Å². The summed E-state index contributed by atoms with van der Waals surface area (Å²) in [5, 5.41) is 13.3. The van der Waals surface area contributed by atoms with E-state index in [1.807, 2.05) is 19.9 Å². The third kappa shape index (κ3) is 5.80. The fourth-order valence-corrected chi connectivity index (χ4v) is 2.73. The Hall–Kier alpha value is -0.650. The highest BCUT2D eigenvalue weighted by molar-refractivity contribution is 7.99. The van der Waals surface area contributed by atoms with Crippen LogP contribution >= 0.6 is 11.8 Å². The molecule has 102 valence electrons. The van der Waals surface area contributed by atoms with Crippen molar-refractivity contribution in [1.29, 1.82) is 0 Å². The largest absolute Gasteiger partial charge is 0.396 e. The van der Waals surface area contributed by atoms with Crippen LogP contribution in [0.4, 0.5) is 0 Å². The van der Waals surface area contributed by atoms with Crippen LogP contribution in [0.5, 0.6) is 0 Å². The summed E-state index contributed by atoms with van der Waals surface area (Å²) in [4.78, 5) is 8.82. The topological polar surface area (TPSA) is 58.0 Å². The second-order valence-electron chi connectivity index (χ2n) is 4.41. The molecule has 0 saturated heterocycles. The van der Waals surface area contributed by atoms with Crippen molar-refractivity contribution in [3.63, 3.8) is 0 Å². The Morgan fingerprint density at radius 2 is 2.00 bits per heavy atom. The van der Waals surface area contributed by atoms with Crippen LogP contribution in [0.15, 0.2) is 11.2 Å². The third-order valence-electron chi connectivity index (χ3n) is 2.54. The fraction of sp³-hybridized carbons (Fsp3) is 0.692. The molecule has 1 heterocycles. The number of aryl methyl sites for hydroxylation is 2. The van der Waals surface area contributed by atoms with Crippen molar-refractivity contribution in [1.82, 2.24) is 15.3 Å². The molecule has 0 bridgehead atoms. The molecule has 0 radical (unpaired) electrons. The summed E-state index contributed by atoms with van der Waals surface area (Å²) in [6.45, 7) is 7.32. The second-order valence-corrected chi connectivity index (χ2v) is 5.39. The summed E-state index contributed by atoms with van der Waals surface area (Å²) in [7, 11) is 0. The van der Waals surface area contributed by atoms with E-state index in [1.54, 1.807) is 11.8 Å². The summed E-state index contributed by atoms with van der Waals surface area (Å²) in [5.74, 6) is 0.892. The lowest BCUT2D eigenvalue weighted by Gasteiger charge is -2.16. The first kappa shape index (κ1) is 15.4. The normalized spacial score (nSPS) is 12.7. The van der Waals surface area contributed by atoms with Crippen LogP contribution in [0.25, 0.3) is 0 Å². The number of aliphatic hydroxyl groups excluding tert-OH is 1. The van der Waals surface area contributed by atoms with Crippen molar-refractivity contribution in [3.05, 3.63) is 17.5 Å². The Morgan fingerprint density at radius 3 is 2.56 bits per heavy atom. The molecule has 1 aromatic heterocycles. The molecule has 4 nitrogen and oxygen atoms in total. The zero-order valence-corrected chi connectivity index (χ0v) is 12.3. The van der Waals surface area contributed by atoms with Crippen LogP contribution in [0.1, 0.15) is 31.2 Å². The third-order valence-corrected chi connectivity index (χ3v) is 3.55. The van der Waals surface area contributed by atoms with E-state index in [0.29, 0.717) is 6.04 Å². The van der Waals surface area contributed by atoms with Gasteiger partial charge in [0, 0.05) is 29.8 Å². The lowest BCUT2D eigenvalue weighted by Crippen LogP contribution is -2.32. The number of hydrogen-bond acceptors (Lipinski definition) is 5. The van der Waals surface area contributed by atoms with Gasteiger partial charge in [-0.15, -0.1) is 0 Å². The highest BCUT2D eigenvalue weighted by Crippen LogP contribution is 2.16. The van der Waals surface area contributed by atoms with Gasteiger partial charge in [0.15, 0.2) is 5.16 Å². The first-order valence-electron chi connectivity index (χ1n) is 6.45. The molecule has 0 aliphatic rings. The van der Waals surface area contributed by atoms with Gasteiger partial charge in [-0.25, -0.2) is 9.97 Å². The molecule has 2 N–H and O–H groups in total. The molecular formula is C13H23N3OS. The van der Waals surface area contributed by atoms with Gasteiger partial charge in [-0.2, -0.15) is 0 Å². The molecule has 0 amide bonds. The minimum atomic E-state index is 0.218. The van der Waals surface area contributed by atoms with Crippen LogP contribution in [0.2, 0.25) is 0 Å². The Kier molecular flexibility index (Phi) is 7.23. The zero-order valence-electron chi connectivity index (χ0n) is 11.4. The van der Waals surface area contributed by atoms with Crippen molar-refractivity contribution >= 4 is 11.8 Å². The summed E-state index contributed by atoms with van der Waals surface area (Å²) < 4.78 is 0. The molecule has 0 saturated carbocycles. The number of nitrogens with zero attached hydrogens (tertiary/aromatic N) is 2. The van der Waals surface area contributed by atoms with E-state index < -0.39 is 0 Å². The van der Waals surface area contributed by atoms with Gasteiger partial charge >= 0.3 is 0 Å². The first-order valence-corrected chi connectivity index (χ1v) is 7.43. The van der Waals surface area contributed by atoms with E-state index in [2.05, 4.69) is 22.2 Å². The zero-order chi connectivity index (χ0) is 13.4. The van der Waals surface area contributed by atoms with E-state index in [4.69, 9.17) is 5.11 Å². The van der Waals surface area contributed by atoms with Crippen molar-refractivity contribution in [2.24, 2.45) is 0 Å². The average Bonchev–Trinajstić information content (AvgIpc) is 2.31. The molecular weight excluding hydrogens is 246 g/mol. The number of rotatable bonds is 8. The molecule has 18 heavy (non-hydrogen) atoms. The molecule has 0 fully saturated rings. The maximum atomic E-state index is 9.04. The van der Waals surface area contributed by atoms with Gasteiger partial charge in [-0.05, 0) is 39.3 Å². The van der Waals surface area contributed by atoms with E-state index in [9.17, 15) is 0 Å².